The highest BCUT2D eigenvalue weighted by atomic mass is 19.4. The number of carbonyl (C=O) groups excluding carboxylic acids is 1. The van der Waals surface area contributed by atoms with Gasteiger partial charge in [-0.15, -0.1) is 0 Å². The van der Waals surface area contributed by atoms with Crippen molar-refractivity contribution in [2.24, 2.45) is 0 Å². The lowest BCUT2D eigenvalue weighted by atomic mass is 10.2. The number of aromatic nitrogens is 4. The van der Waals surface area contributed by atoms with Crippen LogP contribution in [0, 0.1) is 0 Å². The van der Waals surface area contributed by atoms with Crippen molar-refractivity contribution in [3.05, 3.63) is 24.3 Å². The summed E-state index contributed by atoms with van der Waals surface area (Å²) in [6.45, 7) is 0.773. The highest BCUT2D eigenvalue weighted by molar-refractivity contribution is 6.01. The molecule has 0 saturated carbocycles. The van der Waals surface area contributed by atoms with Gasteiger partial charge in [0.05, 0.1) is 17.8 Å². The van der Waals surface area contributed by atoms with E-state index in [0.29, 0.717) is 30.0 Å². The second-order valence-corrected chi connectivity index (χ2v) is 6.91. The number of nitrogens with one attached hydrogen (secondary N) is 2. The van der Waals surface area contributed by atoms with Crippen molar-refractivity contribution >= 4 is 28.1 Å². The lowest BCUT2D eigenvalue weighted by Crippen LogP contribution is -2.42. The number of aromatic amines is 1. The van der Waals surface area contributed by atoms with Crippen LogP contribution in [-0.2, 0) is 0 Å². The summed E-state index contributed by atoms with van der Waals surface area (Å²) in [7, 11) is 0. The Morgan fingerprint density at radius 1 is 1.50 bits per heavy atom. The van der Waals surface area contributed by atoms with Crippen molar-refractivity contribution in [3.8, 4) is 0 Å². The molecule has 8 nitrogen and oxygen atoms in total. The summed E-state index contributed by atoms with van der Waals surface area (Å²) in [4.78, 5) is 25.3. The normalized spacial score (nSPS) is 18.9. The number of fused-ring (bicyclic) bond motifs is 3. The summed E-state index contributed by atoms with van der Waals surface area (Å²) >= 11 is 0. The number of aliphatic hydroxyl groups is 1. The zero-order valence-electron chi connectivity index (χ0n) is 15.0. The molecule has 3 N–H and O–H groups in total. The Kier molecular flexibility index (Phi) is 4.41. The quantitative estimate of drug-likeness (QED) is 0.633. The standard InChI is InChI=1S/C17H19F3N6O2/c1-9(27)15-24-12-6-22-14-11(2-4-21-14)13(12)26(15)10-3-5-25(7-10)16(28)23-8-17(18,19)20/h2,4,6,9-10,27H,3,5,7-8H2,1H3,(H,21,22)(H,23,28)/t9-,10+/m1/s1. The molecule has 2 atom stereocenters. The predicted molar refractivity (Wildman–Crippen MR) is 94.7 cm³/mol. The number of pyridine rings is 1. The number of aliphatic hydroxyl groups excluding tert-OH is 1. The van der Waals surface area contributed by atoms with Crippen LogP contribution in [0.3, 0.4) is 0 Å². The maximum atomic E-state index is 12.4. The highest BCUT2D eigenvalue weighted by Gasteiger charge is 2.34. The summed E-state index contributed by atoms with van der Waals surface area (Å²) in [6.07, 6.45) is -1.41. The van der Waals surface area contributed by atoms with Gasteiger partial charge in [0.1, 0.15) is 29.6 Å². The van der Waals surface area contributed by atoms with Crippen LogP contribution in [0.2, 0.25) is 0 Å². The Hall–Kier alpha value is -2.82. The number of nitrogens with zero attached hydrogens (tertiary/aromatic N) is 4. The summed E-state index contributed by atoms with van der Waals surface area (Å²) in [5.74, 6) is 0.438. The van der Waals surface area contributed by atoms with Gasteiger partial charge in [0.25, 0.3) is 0 Å². The van der Waals surface area contributed by atoms with Gasteiger partial charge in [-0.05, 0) is 19.4 Å². The molecule has 0 spiro atoms. The molecule has 11 heteroatoms. The van der Waals surface area contributed by atoms with E-state index in [4.69, 9.17) is 0 Å². The number of hydrogen-bond donors (Lipinski definition) is 3. The SMILES string of the molecule is C[C@@H](O)c1nc2cnc3[nH]ccc3c2n1[C@H]1CCN(C(=O)NCC(F)(F)F)C1. The molecular weight excluding hydrogens is 377 g/mol. The smallest absolute Gasteiger partial charge is 0.385 e. The van der Waals surface area contributed by atoms with Crippen LogP contribution >= 0.6 is 0 Å². The number of urea groups is 1. The van der Waals surface area contributed by atoms with E-state index in [1.54, 1.807) is 19.3 Å². The molecule has 1 saturated heterocycles. The van der Waals surface area contributed by atoms with Gasteiger partial charge in [0.15, 0.2) is 0 Å². The van der Waals surface area contributed by atoms with Crippen LogP contribution in [0.25, 0.3) is 22.1 Å². The summed E-state index contributed by atoms with van der Waals surface area (Å²) in [5, 5.41) is 12.9. The molecule has 1 aliphatic rings. The number of amides is 2. The Morgan fingerprint density at radius 3 is 3.00 bits per heavy atom. The molecule has 0 aliphatic carbocycles. The van der Waals surface area contributed by atoms with E-state index in [2.05, 4.69) is 15.0 Å². The topological polar surface area (TPSA) is 99.1 Å². The van der Waals surface area contributed by atoms with E-state index in [0.717, 1.165) is 10.9 Å². The molecule has 150 valence electrons. The molecule has 28 heavy (non-hydrogen) atoms. The molecule has 4 rings (SSSR count). The van der Waals surface area contributed by atoms with Gasteiger partial charge in [-0.3, -0.25) is 0 Å². The molecule has 3 aromatic rings. The molecule has 0 radical (unpaired) electrons. The number of imidazole rings is 1. The Labute approximate surface area is 157 Å². The number of rotatable bonds is 3. The minimum absolute atomic E-state index is 0.216. The second kappa shape index (κ2) is 6.66. The van der Waals surface area contributed by atoms with Crippen LogP contribution in [0.15, 0.2) is 18.5 Å². The molecule has 4 heterocycles. The molecule has 0 bridgehead atoms. The zero-order chi connectivity index (χ0) is 20.1. The zero-order valence-corrected chi connectivity index (χ0v) is 15.0. The number of carbonyl (C=O) groups is 1. The van der Waals surface area contributed by atoms with Crippen molar-refractivity contribution in [2.75, 3.05) is 19.6 Å². The van der Waals surface area contributed by atoms with Crippen molar-refractivity contribution < 1.29 is 23.1 Å². The van der Waals surface area contributed by atoms with Gasteiger partial charge in [0, 0.05) is 24.7 Å². The molecular formula is C17H19F3N6O2. The Bertz CT molecular complexity index is 1030. The van der Waals surface area contributed by atoms with Gasteiger partial charge >= 0.3 is 12.2 Å². The molecule has 0 unspecified atom stereocenters. The van der Waals surface area contributed by atoms with Gasteiger partial charge in [-0.25, -0.2) is 14.8 Å². The summed E-state index contributed by atoms with van der Waals surface area (Å²) in [5.41, 5.74) is 2.07. The molecule has 1 aliphatic heterocycles. The van der Waals surface area contributed by atoms with Crippen LogP contribution in [0.4, 0.5) is 18.0 Å². The largest absolute Gasteiger partial charge is 0.405 e. The Morgan fingerprint density at radius 2 is 2.29 bits per heavy atom. The molecule has 2 amide bonds. The highest BCUT2D eigenvalue weighted by Crippen LogP contribution is 2.33. The van der Waals surface area contributed by atoms with Crippen LogP contribution in [0.5, 0.6) is 0 Å². The maximum absolute atomic E-state index is 12.4. The first-order chi connectivity index (χ1) is 13.2. The van der Waals surface area contributed by atoms with E-state index in [1.165, 1.54) is 4.90 Å². The first-order valence-electron chi connectivity index (χ1n) is 8.86. The number of likely N-dealkylation sites (tertiary alicyclic amines) is 1. The van der Waals surface area contributed by atoms with E-state index >= 15 is 0 Å². The number of halogens is 3. The maximum Gasteiger partial charge on any atom is 0.405 e. The van der Waals surface area contributed by atoms with Gasteiger partial charge in [0.2, 0.25) is 0 Å². The number of alkyl halides is 3. The third-order valence-electron chi connectivity index (χ3n) is 4.89. The van der Waals surface area contributed by atoms with Gasteiger partial charge in [-0.1, -0.05) is 0 Å². The van der Waals surface area contributed by atoms with Crippen LogP contribution in [-0.4, -0.2) is 61.4 Å². The number of hydrogen-bond acceptors (Lipinski definition) is 4. The van der Waals surface area contributed by atoms with Crippen molar-refractivity contribution in [1.29, 1.82) is 0 Å². The molecule has 1 fully saturated rings. The molecule has 0 aromatic carbocycles. The second-order valence-electron chi connectivity index (χ2n) is 6.91. The van der Waals surface area contributed by atoms with Gasteiger partial charge < -0.3 is 24.9 Å². The van der Waals surface area contributed by atoms with Crippen molar-refractivity contribution in [2.45, 2.75) is 31.7 Å². The fourth-order valence-corrected chi connectivity index (χ4v) is 3.70. The first kappa shape index (κ1) is 18.5. The monoisotopic (exact) mass is 396 g/mol. The average molecular weight is 396 g/mol. The fourth-order valence-electron chi connectivity index (χ4n) is 3.70. The third-order valence-corrected chi connectivity index (χ3v) is 4.89. The van der Waals surface area contributed by atoms with Crippen molar-refractivity contribution in [3.63, 3.8) is 0 Å². The average Bonchev–Trinajstić information content (AvgIpc) is 3.33. The summed E-state index contributed by atoms with van der Waals surface area (Å²) < 4.78 is 38.9. The van der Waals surface area contributed by atoms with E-state index in [1.807, 2.05) is 16.0 Å². The van der Waals surface area contributed by atoms with E-state index in [9.17, 15) is 23.1 Å². The van der Waals surface area contributed by atoms with E-state index in [-0.39, 0.29) is 12.6 Å². The predicted octanol–water partition coefficient (Wildman–Crippen LogP) is 2.48. The van der Waals surface area contributed by atoms with Gasteiger partial charge in [-0.2, -0.15) is 13.2 Å². The lowest BCUT2D eigenvalue weighted by Gasteiger charge is -2.20. The van der Waals surface area contributed by atoms with E-state index < -0.39 is 24.9 Å². The minimum atomic E-state index is -4.46. The fraction of sp³-hybridized carbons (Fsp3) is 0.471. The minimum Gasteiger partial charge on any atom is -0.385 e. The van der Waals surface area contributed by atoms with Crippen LogP contribution < -0.4 is 5.32 Å². The number of H-pyrrole nitrogens is 1. The van der Waals surface area contributed by atoms with Crippen molar-refractivity contribution in [1.82, 2.24) is 29.7 Å². The van der Waals surface area contributed by atoms with Crippen LogP contribution in [0.1, 0.15) is 31.3 Å². The molecule has 3 aromatic heterocycles. The summed E-state index contributed by atoms with van der Waals surface area (Å²) in [6, 6.07) is 0.889. The third kappa shape index (κ3) is 3.26. The first-order valence-corrected chi connectivity index (χ1v) is 8.86. The lowest BCUT2D eigenvalue weighted by molar-refractivity contribution is -0.123. The Balaban J connectivity index is 1.66.